The molecule has 0 bridgehead atoms. The summed E-state index contributed by atoms with van der Waals surface area (Å²) in [4.78, 5) is 0. The monoisotopic (exact) mass is 153 g/mol. The van der Waals surface area contributed by atoms with Crippen molar-refractivity contribution >= 4 is 5.90 Å². The van der Waals surface area contributed by atoms with Crippen LogP contribution in [0.3, 0.4) is 0 Å². The topological polar surface area (TPSA) is 33.1 Å². The maximum absolute atomic E-state index is 7.39. The van der Waals surface area contributed by atoms with Crippen molar-refractivity contribution in [3.63, 3.8) is 0 Å². The molecule has 0 heterocycles. The van der Waals surface area contributed by atoms with Crippen LogP contribution in [0, 0.1) is 5.41 Å². The van der Waals surface area contributed by atoms with E-state index in [9.17, 15) is 0 Å². The van der Waals surface area contributed by atoms with Crippen LogP contribution >= 0.6 is 0 Å². The molecular weight excluding hydrogens is 138 g/mol. The number of hydrogen-bond acceptors (Lipinski definition) is 2. The maximum atomic E-state index is 7.39. The zero-order chi connectivity index (χ0) is 8.10. The highest BCUT2D eigenvalue weighted by molar-refractivity contribution is 5.75. The molecule has 0 unspecified atom stereocenters. The number of nitrogens with one attached hydrogen (secondary N) is 1. The molecule has 0 fully saturated rings. The van der Waals surface area contributed by atoms with E-state index >= 15 is 0 Å². The molecule has 0 saturated heterocycles. The molecule has 0 aromatic rings. The van der Waals surface area contributed by atoms with Crippen molar-refractivity contribution in [3.8, 4) is 0 Å². The standard InChI is InChI=1S/C9H15NO/c1-2-11-9(10)7-8-5-3-4-6-8/h5,10H,2-4,6-7H2,1H3. The van der Waals surface area contributed by atoms with Gasteiger partial charge in [-0.25, -0.2) is 0 Å². The molecule has 11 heavy (non-hydrogen) atoms. The van der Waals surface area contributed by atoms with Gasteiger partial charge >= 0.3 is 0 Å². The van der Waals surface area contributed by atoms with Crippen LogP contribution < -0.4 is 0 Å². The quantitative estimate of drug-likeness (QED) is 0.377. The summed E-state index contributed by atoms with van der Waals surface area (Å²) < 4.78 is 5.05. The van der Waals surface area contributed by atoms with E-state index in [1.165, 1.54) is 18.4 Å². The average Bonchev–Trinajstić information content (AvgIpc) is 2.40. The molecule has 1 rings (SSSR count). The van der Waals surface area contributed by atoms with E-state index in [1.54, 1.807) is 0 Å². The minimum atomic E-state index is 0.417. The normalized spacial score (nSPS) is 16.3. The second-order valence-corrected chi connectivity index (χ2v) is 2.79. The molecule has 1 N–H and O–H groups in total. The molecule has 0 radical (unpaired) electrons. The molecule has 0 saturated carbocycles. The zero-order valence-electron chi connectivity index (χ0n) is 7.02. The van der Waals surface area contributed by atoms with Gasteiger partial charge in [-0.2, -0.15) is 0 Å². The average molecular weight is 153 g/mol. The molecule has 1 aliphatic carbocycles. The molecule has 0 aromatic heterocycles. The minimum Gasteiger partial charge on any atom is -0.481 e. The Labute approximate surface area is 67.8 Å². The van der Waals surface area contributed by atoms with Gasteiger partial charge in [0.15, 0.2) is 5.90 Å². The predicted molar refractivity (Wildman–Crippen MR) is 45.9 cm³/mol. The molecule has 62 valence electrons. The fourth-order valence-corrected chi connectivity index (χ4v) is 1.33. The van der Waals surface area contributed by atoms with Crippen molar-refractivity contribution in [1.82, 2.24) is 0 Å². The first kappa shape index (κ1) is 8.31. The van der Waals surface area contributed by atoms with Crippen molar-refractivity contribution in [3.05, 3.63) is 11.6 Å². The Morgan fingerprint density at radius 1 is 1.73 bits per heavy atom. The highest BCUT2D eigenvalue weighted by Gasteiger charge is 2.07. The Hall–Kier alpha value is -0.790. The highest BCUT2D eigenvalue weighted by Crippen LogP contribution is 2.20. The summed E-state index contributed by atoms with van der Waals surface area (Å²) in [5, 5.41) is 7.39. The summed E-state index contributed by atoms with van der Waals surface area (Å²) in [5.41, 5.74) is 1.38. The second-order valence-electron chi connectivity index (χ2n) is 2.79. The number of rotatable bonds is 3. The van der Waals surface area contributed by atoms with Crippen molar-refractivity contribution in [2.75, 3.05) is 6.61 Å². The molecule has 2 nitrogen and oxygen atoms in total. The summed E-state index contributed by atoms with van der Waals surface area (Å²) in [6.45, 7) is 2.53. The largest absolute Gasteiger partial charge is 0.481 e. The van der Waals surface area contributed by atoms with E-state index in [0.717, 1.165) is 12.8 Å². The summed E-state index contributed by atoms with van der Waals surface area (Å²) in [7, 11) is 0. The Morgan fingerprint density at radius 2 is 2.55 bits per heavy atom. The molecule has 1 aliphatic rings. The molecule has 0 aliphatic heterocycles. The van der Waals surface area contributed by atoms with Crippen molar-refractivity contribution in [2.24, 2.45) is 0 Å². The van der Waals surface area contributed by atoms with Crippen LogP contribution in [0.4, 0.5) is 0 Å². The zero-order valence-corrected chi connectivity index (χ0v) is 7.02. The van der Waals surface area contributed by atoms with Crippen molar-refractivity contribution in [2.45, 2.75) is 32.6 Å². The van der Waals surface area contributed by atoms with Gasteiger partial charge < -0.3 is 4.74 Å². The van der Waals surface area contributed by atoms with Crippen molar-refractivity contribution in [1.29, 1.82) is 5.41 Å². The third-order valence-electron chi connectivity index (χ3n) is 1.84. The van der Waals surface area contributed by atoms with Crippen LogP contribution in [0.15, 0.2) is 11.6 Å². The lowest BCUT2D eigenvalue weighted by Crippen LogP contribution is -2.03. The van der Waals surface area contributed by atoms with Gasteiger partial charge in [0.1, 0.15) is 0 Å². The lowest BCUT2D eigenvalue weighted by molar-refractivity contribution is 0.316. The number of ether oxygens (including phenoxy) is 1. The van der Waals surface area contributed by atoms with Crippen LogP contribution in [0.25, 0.3) is 0 Å². The minimum absolute atomic E-state index is 0.417. The van der Waals surface area contributed by atoms with Crippen LogP contribution in [0.5, 0.6) is 0 Å². The molecule has 0 amide bonds. The van der Waals surface area contributed by atoms with Crippen LogP contribution in [0.2, 0.25) is 0 Å². The van der Waals surface area contributed by atoms with E-state index in [4.69, 9.17) is 10.1 Å². The summed E-state index contributed by atoms with van der Waals surface area (Å²) in [6, 6.07) is 0. The third kappa shape index (κ3) is 2.74. The molecule has 0 spiro atoms. The number of hydrogen-bond donors (Lipinski definition) is 1. The second kappa shape index (κ2) is 4.16. The molecule has 2 heteroatoms. The summed E-state index contributed by atoms with van der Waals surface area (Å²) in [5.74, 6) is 0.417. The first-order valence-electron chi connectivity index (χ1n) is 4.21. The van der Waals surface area contributed by atoms with E-state index in [1.807, 2.05) is 6.92 Å². The third-order valence-corrected chi connectivity index (χ3v) is 1.84. The van der Waals surface area contributed by atoms with Crippen molar-refractivity contribution < 1.29 is 4.74 Å². The fourth-order valence-electron chi connectivity index (χ4n) is 1.33. The smallest absolute Gasteiger partial charge is 0.184 e. The van der Waals surface area contributed by atoms with E-state index in [-0.39, 0.29) is 0 Å². The van der Waals surface area contributed by atoms with Gasteiger partial charge in [0.2, 0.25) is 0 Å². The van der Waals surface area contributed by atoms with E-state index < -0.39 is 0 Å². The van der Waals surface area contributed by atoms with E-state index in [0.29, 0.717) is 12.5 Å². The first-order valence-corrected chi connectivity index (χ1v) is 4.21. The van der Waals surface area contributed by atoms with Crippen LogP contribution in [0.1, 0.15) is 32.6 Å². The molecular formula is C9H15NO. The lowest BCUT2D eigenvalue weighted by Gasteiger charge is -2.04. The Morgan fingerprint density at radius 3 is 3.09 bits per heavy atom. The van der Waals surface area contributed by atoms with E-state index in [2.05, 4.69) is 6.08 Å². The number of allylic oxidation sites excluding steroid dienone is 1. The van der Waals surface area contributed by atoms with Gasteiger partial charge in [0, 0.05) is 6.42 Å². The van der Waals surface area contributed by atoms with Gasteiger partial charge in [-0.3, -0.25) is 5.41 Å². The summed E-state index contributed by atoms with van der Waals surface area (Å²) in [6.07, 6.45) is 6.57. The SMILES string of the molecule is CCOC(=N)CC1=CCCC1. The maximum Gasteiger partial charge on any atom is 0.184 e. The van der Waals surface area contributed by atoms with Gasteiger partial charge in [-0.1, -0.05) is 11.6 Å². The Bertz CT molecular complexity index is 172. The Balaban J connectivity index is 2.24. The van der Waals surface area contributed by atoms with Gasteiger partial charge in [0.05, 0.1) is 6.61 Å². The van der Waals surface area contributed by atoms with Gasteiger partial charge in [-0.15, -0.1) is 0 Å². The molecule has 0 aromatic carbocycles. The van der Waals surface area contributed by atoms with Gasteiger partial charge in [-0.05, 0) is 26.2 Å². The highest BCUT2D eigenvalue weighted by atomic mass is 16.5. The molecule has 0 atom stereocenters. The van der Waals surface area contributed by atoms with Gasteiger partial charge in [0.25, 0.3) is 0 Å². The Kier molecular flexibility index (Phi) is 3.14. The predicted octanol–water partition coefficient (Wildman–Crippen LogP) is 2.50. The fraction of sp³-hybridized carbons (Fsp3) is 0.667. The van der Waals surface area contributed by atoms with Crippen LogP contribution in [-0.2, 0) is 4.74 Å². The lowest BCUT2D eigenvalue weighted by atomic mass is 10.2. The first-order chi connectivity index (χ1) is 5.33. The summed E-state index contributed by atoms with van der Waals surface area (Å²) >= 11 is 0. The van der Waals surface area contributed by atoms with Crippen LogP contribution in [-0.4, -0.2) is 12.5 Å².